The molecule has 1 aromatic rings. The van der Waals surface area contributed by atoms with E-state index in [1.165, 1.54) is 23.5 Å². The van der Waals surface area contributed by atoms with Gasteiger partial charge < -0.3 is 5.73 Å². The summed E-state index contributed by atoms with van der Waals surface area (Å²) in [6.45, 7) is 0.813. The van der Waals surface area contributed by atoms with Crippen LogP contribution in [0.1, 0.15) is 12.0 Å². The molecule has 0 spiro atoms. The van der Waals surface area contributed by atoms with E-state index in [9.17, 15) is 8.42 Å². The third kappa shape index (κ3) is 3.27. The van der Waals surface area contributed by atoms with Gasteiger partial charge in [0.1, 0.15) is 0 Å². The quantitative estimate of drug-likeness (QED) is 0.829. The fourth-order valence-electron chi connectivity index (χ4n) is 1.34. The molecule has 6 heteroatoms. The molecule has 0 atom stereocenters. The van der Waals surface area contributed by atoms with Crippen LogP contribution in [0.5, 0.6) is 0 Å². The van der Waals surface area contributed by atoms with Crippen molar-refractivity contribution in [1.29, 1.82) is 5.26 Å². The number of nitriles is 1. The second kappa shape index (κ2) is 5.77. The largest absolute Gasteiger partial charge is 0.330 e. The van der Waals surface area contributed by atoms with Crippen molar-refractivity contribution in [3.63, 3.8) is 0 Å². The molecular formula is C11H15N3O2S. The van der Waals surface area contributed by atoms with E-state index in [0.29, 0.717) is 25.1 Å². The van der Waals surface area contributed by atoms with Crippen LogP contribution in [-0.4, -0.2) is 32.9 Å². The lowest BCUT2D eigenvalue weighted by molar-refractivity contribution is 0.463. The number of benzene rings is 1. The Hall–Kier alpha value is -1.42. The van der Waals surface area contributed by atoms with Gasteiger partial charge in [0.15, 0.2) is 0 Å². The number of nitrogens with two attached hydrogens (primary N) is 1. The van der Waals surface area contributed by atoms with Gasteiger partial charge in [0, 0.05) is 13.6 Å². The van der Waals surface area contributed by atoms with Crippen molar-refractivity contribution < 1.29 is 8.42 Å². The van der Waals surface area contributed by atoms with Gasteiger partial charge in [-0.25, -0.2) is 12.7 Å². The third-order valence-electron chi connectivity index (χ3n) is 2.35. The monoisotopic (exact) mass is 253 g/mol. The summed E-state index contributed by atoms with van der Waals surface area (Å²) in [5, 5.41) is 8.73. The van der Waals surface area contributed by atoms with Crippen LogP contribution in [0.15, 0.2) is 29.2 Å². The lowest BCUT2D eigenvalue weighted by Gasteiger charge is -2.16. The van der Waals surface area contributed by atoms with Gasteiger partial charge in [-0.2, -0.15) is 5.26 Å². The number of sulfonamides is 1. The van der Waals surface area contributed by atoms with E-state index in [-0.39, 0.29) is 4.90 Å². The summed E-state index contributed by atoms with van der Waals surface area (Å²) in [7, 11) is -2.01. The van der Waals surface area contributed by atoms with Gasteiger partial charge in [-0.05, 0) is 31.2 Å². The predicted molar refractivity (Wildman–Crippen MR) is 64.6 cm³/mol. The first-order valence-electron chi connectivity index (χ1n) is 5.19. The summed E-state index contributed by atoms with van der Waals surface area (Å²) in [5.74, 6) is 0. The lowest BCUT2D eigenvalue weighted by atomic mass is 10.2. The molecule has 17 heavy (non-hydrogen) atoms. The van der Waals surface area contributed by atoms with Crippen molar-refractivity contribution in [3.8, 4) is 6.07 Å². The van der Waals surface area contributed by atoms with E-state index in [1.807, 2.05) is 6.07 Å². The summed E-state index contributed by atoms with van der Waals surface area (Å²) in [5.41, 5.74) is 5.67. The number of hydrogen-bond donors (Lipinski definition) is 1. The zero-order chi connectivity index (χ0) is 12.9. The fourth-order valence-corrected chi connectivity index (χ4v) is 2.60. The van der Waals surface area contributed by atoms with Crippen molar-refractivity contribution >= 4 is 10.0 Å². The van der Waals surface area contributed by atoms with Gasteiger partial charge in [0.2, 0.25) is 10.0 Å². The molecule has 0 aromatic heterocycles. The van der Waals surface area contributed by atoms with Crippen molar-refractivity contribution in [3.05, 3.63) is 29.8 Å². The Balaban J connectivity index is 3.01. The highest BCUT2D eigenvalue weighted by Gasteiger charge is 2.20. The molecule has 5 nitrogen and oxygen atoms in total. The summed E-state index contributed by atoms with van der Waals surface area (Å²) < 4.78 is 25.4. The fraction of sp³-hybridized carbons (Fsp3) is 0.364. The molecule has 0 bridgehead atoms. The Labute approximate surface area is 102 Å². The minimum absolute atomic E-state index is 0.135. The molecule has 1 rings (SSSR count). The number of hydrogen-bond acceptors (Lipinski definition) is 4. The van der Waals surface area contributed by atoms with E-state index in [2.05, 4.69) is 0 Å². The van der Waals surface area contributed by atoms with Gasteiger partial charge in [0.25, 0.3) is 0 Å². The molecule has 92 valence electrons. The number of rotatable bonds is 5. The van der Waals surface area contributed by atoms with Crippen molar-refractivity contribution in [2.24, 2.45) is 5.73 Å². The molecule has 0 saturated carbocycles. The highest BCUT2D eigenvalue weighted by atomic mass is 32.2. The van der Waals surface area contributed by atoms with E-state index in [0.717, 1.165) is 0 Å². The molecule has 1 aromatic carbocycles. The molecule has 0 fully saturated rings. The van der Waals surface area contributed by atoms with Gasteiger partial charge in [0.05, 0.1) is 16.5 Å². The highest BCUT2D eigenvalue weighted by molar-refractivity contribution is 7.89. The van der Waals surface area contributed by atoms with Gasteiger partial charge >= 0.3 is 0 Å². The molecular weight excluding hydrogens is 238 g/mol. The van der Waals surface area contributed by atoms with Crippen LogP contribution in [0.2, 0.25) is 0 Å². The minimum atomic E-state index is -3.52. The Morgan fingerprint density at radius 1 is 1.47 bits per heavy atom. The standard InChI is InChI=1S/C11H15N3O2S/c1-14(7-3-6-12)17(15,16)11-5-2-4-10(8-11)9-13/h2,4-5,8H,3,6-7,12H2,1H3. The predicted octanol–water partition coefficient (Wildman–Crippen LogP) is 0.528. The summed E-state index contributed by atoms with van der Waals surface area (Å²) in [6.07, 6.45) is 0.605. The zero-order valence-electron chi connectivity index (χ0n) is 9.63. The Morgan fingerprint density at radius 2 is 2.18 bits per heavy atom. The van der Waals surface area contributed by atoms with Crippen LogP contribution in [0.25, 0.3) is 0 Å². The third-order valence-corrected chi connectivity index (χ3v) is 4.20. The Bertz CT molecular complexity index is 520. The summed E-state index contributed by atoms with van der Waals surface area (Å²) in [6, 6.07) is 7.90. The van der Waals surface area contributed by atoms with Crippen LogP contribution in [0.4, 0.5) is 0 Å². The normalized spacial score (nSPS) is 11.4. The van der Waals surface area contributed by atoms with Gasteiger partial charge in [-0.15, -0.1) is 0 Å². The van der Waals surface area contributed by atoms with Crippen LogP contribution < -0.4 is 5.73 Å². The van der Waals surface area contributed by atoms with Crippen molar-refractivity contribution in [2.75, 3.05) is 20.1 Å². The van der Waals surface area contributed by atoms with E-state index in [1.54, 1.807) is 12.1 Å². The van der Waals surface area contributed by atoms with Gasteiger partial charge in [-0.3, -0.25) is 0 Å². The Kier molecular flexibility index (Phi) is 4.63. The first-order chi connectivity index (χ1) is 8.02. The molecule has 0 aliphatic carbocycles. The van der Waals surface area contributed by atoms with Crippen LogP contribution in [-0.2, 0) is 10.0 Å². The first-order valence-corrected chi connectivity index (χ1v) is 6.63. The SMILES string of the molecule is CN(CCCN)S(=O)(=O)c1cccc(C#N)c1. The first kappa shape index (κ1) is 13.6. The van der Waals surface area contributed by atoms with Crippen molar-refractivity contribution in [2.45, 2.75) is 11.3 Å². The average Bonchev–Trinajstić information content (AvgIpc) is 2.35. The van der Waals surface area contributed by atoms with Crippen LogP contribution >= 0.6 is 0 Å². The maximum Gasteiger partial charge on any atom is 0.242 e. The second-order valence-corrected chi connectivity index (χ2v) is 5.65. The Morgan fingerprint density at radius 3 is 2.76 bits per heavy atom. The molecule has 0 aliphatic heterocycles. The minimum Gasteiger partial charge on any atom is -0.330 e. The zero-order valence-corrected chi connectivity index (χ0v) is 10.4. The summed E-state index contributed by atoms with van der Waals surface area (Å²) in [4.78, 5) is 0.135. The second-order valence-electron chi connectivity index (χ2n) is 3.61. The molecule has 0 radical (unpaired) electrons. The maximum atomic E-state index is 12.1. The topological polar surface area (TPSA) is 87.2 Å². The van der Waals surface area contributed by atoms with Crippen molar-refractivity contribution in [1.82, 2.24) is 4.31 Å². The maximum absolute atomic E-state index is 12.1. The van der Waals surface area contributed by atoms with Crippen LogP contribution in [0, 0.1) is 11.3 Å². The molecule has 0 saturated heterocycles. The molecule has 0 aliphatic rings. The van der Waals surface area contributed by atoms with Gasteiger partial charge in [-0.1, -0.05) is 6.07 Å². The molecule has 0 amide bonds. The average molecular weight is 253 g/mol. The number of nitrogens with zero attached hydrogens (tertiary/aromatic N) is 2. The molecule has 2 N–H and O–H groups in total. The summed E-state index contributed by atoms with van der Waals surface area (Å²) >= 11 is 0. The molecule has 0 heterocycles. The lowest BCUT2D eigenvalue weighted by Crippen LogP contribution is -2.29. The van der Waals surface area contributed by atoms with E-state index >= 15 is 0 Å². The molecule has 0 unspecified atom stereocenters. The highest BCUT2D eigenvalue weighted by Crippen LogP contribution is 2.15. The van der Waals surface area contributed by atoms with Crippen LogP contribution in [0.3, 0.4) is 0 Å². The van der Waals surface area contributed by atoms with E-state index < -0.39 is 10.0 Å². The van der Waals surface area contributed by atoms with E-state index in [4.69, 9.17) is 11.0 Å². The smallest absolute Gasteiger partial charge is 0.242 e.